The summed E-state index contributed by atoms with van der Waals surface area (Å²) in [6.07, 6.45) is 5.67. The Morgan fingerprint density at radius 1 is 1.45 bits per heavy atom. The van der Waals surface area contributed by atoms with E-state index in [-0.39, 0.29) is 0 Å². The predicted molar refractivity (Wildman–Crippen MR) is 81.5 cm³/mol. The minimum Gasteiger partial charge on any atom is -0.383 e. The fourth-order valence-electron chi connectivity index (χ4n) is 2.17. The van der Waals surface area contributed by atoms with Gasteiger partial charge in [0.25, 0.3) is 0 Å². The van der Waals surface area contributed by atoms with Gasteiger partial charge in [0.05, 0.1) is 12.8 Å². The van der Waals surface area contributed by atoms with E-state index in [1.807, 2.05) is 23.8 Å². The average Bonchev–Trinajstić information content (AvgIpc) is 2.90. The van der Waals surface area contributed by atoms with Gasteiger partial charge in [0.15, 0.2) is 11.5 Å². The van der Waals surface area contributed by atoms with Crippen LogP contribution in [-0.2, 0) is 4.74 Å². The van der Waals surface area contributed by atoms with Crippen molar-refractivity contribution in [1.29, 1.82) is 0 Å². The Kier molecular flexibility index (Phi) is 4.79. The quantitative estimate of drug-likeness (QED) is 0.837. The second-order valence-electron chi connectivity index (χ2n) is 5.19. The SMILES string of the molecule is CNc1cn2ccnc2c(N(CCOC)CC(C)C)n1. The molecule has 0 spiro atoms. The van der Waals surface area contributed by atoms with Gasteiger partial charge in [0, 0.05) is 39.6 Å². The first-order chi connectivity index (χ1) is 9.65. The van der Waals surface area contributed by atoms with Crippen LogP contribution in [0.5, 0.6) is 0 Å². The first-order valence-electron chi connectivity index (χ1n) is 6.91. The van der Waals surface area contributed by atoms with Crippen molar-refractivity contribution in [2.24, 2.45) is 5.92 Å². The van der Waals surface area contributed by atoms with Gasteiger partial charge in [-0.05, 0) is 5.92 Å². The van der Waals surface area contributed by atoms with E-state index in [1.54, 1.807) is 13.3 Å². The van der Waals surface area contributed by atoms with Gasteiger partial charge >= 0.3 is 0 Å². The number of hydrogen-bond acceptors (Lipinski definition) is 5. The number of nitrogens with one attached hydrogen (secondary N) is 1. The lowest BCUT2D eigenvalue weighted by molar-refractivity contribution is 0.204. The molecule has 2 rings (SSSR count). The number of methoxy groups -OCH3 is 1. The Labute approximate surface area is 119 Å². The van der Waals surface area contributed by atoms with Crippen molar-refractivity contribution in [3.05, 3.63) is 18.6 Å². The monoisotopic (exact) mass is 277 g/mol. The number of imidazole rings is 1. The van der Waals surface area contributed by atoms with Gasteiger partial charge in [0.2, 0.25) is 0 Å². The van der Waals surface area contributed by atoms with E-state index in [0.717, 1.165) is 30.4 Å². The normalized spacial score (nSPS) is 11.2. The number of hydrogen-bond donors (Lipinski definition) is 1. The highest BCUT2D eigenvalue weighted by Crippen LogP contribution is 2.21. The number of aromatic nitrogens is 3. The first kappa shape index (κ1) is 14.6. The molecule has 0 fully saturated rings. The van der Waals surface area contributed by atoms with Gasteiger partial charge in [-0.15, -0.1) is 0 Å². The van der Waals surface area contributed by atoms with E-state index in [0.29, 0.717) is 12.5 Å². The zero-order valence-corrected chi connectivity index (χ0v) is 12.6. The van der Waals surface area contributed by atoms with Crippen LogP contribution in [0.15, 0.2) is 18.6 Å². The molecule has 0 bridgehead atoms. The van der Waals surface area contributed by atoms with Crippen LogP contribution in [0.4, 0.5) is 11.6 Å². The summed E-state index contributed by atoms with van der Waals surface area (Å²) in [6.45, 7) is 6.80. The lowest BCUT2D eigenvalue weighted by Crippen LogP contribution is -2.32. The third kappa shape index (κ3) is 3.19. The van der Waals surface area contributed by atoms with E-state index in [2.05, 4.69) is 34.0 Å². The Hall–Kier alpha value is -1.82. The maximum absolute atomic E-state index is 5.21. The zero-order chi connectivity index (χ0) is 14.5. The molecule has 0 aliphatic heterocycles. The Bertz CT molecular complexity index is 551. The molecule has 0 atom stereocenters. The summed E-state index contributed by atoms with van der Waals surface area (Å²) in [5, 5.41) is 3.10. The lowest BCUT2D eigenvalue weighted by atomic mass is 10.2. The summed E-state index contributed by atoms with van der Waals surface area (Å²) < 4.78 is 7.21. The Morgan fingerprint density at radius 2 is 2.25 bits per heavy atom. The van der Waals surface area contributed by atoms with Crippen LogP contribution in [0, 0.1) is 5.92 Å². The molecule has 2 heterocycles. The standard InChI is InChI=1S/C14H23N5O/c1-11(2)9-19(7-8-20-4)14-13-16-5-6-18(13)10-12(15-3)17-14/h5-6,10-11,15H,7-9H2,1-4H3. The summed E-state index contributed by atoms with van der Waals surface area (Å²) in [5.41, 5.74) is 0.876. The van der Waals surface area contributed by atoms with Crippen molar-refractivity contribution in [3.63, 3.8) is 0 Å². The molecule has 0 saturated heterocycles. The molecular formula is C14H23N5O. The molecule has 0 saturated carbocycles. The van der Waals surface area contributed by atoms with Crippen molar-refractivity contribution in [3.8, 4) is 0 Å². The minimum atomic E-state index is 0.543. The van der Waals surface area contributed by atoms with Crippen LogP contribution in [-0.4, -0.2) is 48.2 Å². The molecule has 0 unspecified atom stereocenters. The van der Waals surface area contributed by atoms with Crippen molar-refractivity contribution in [1.82, 2.24) is 14.4 Å². The fourth-order valence-corrected chi connectivity index (χ4v) is 2.17. The smallest absolute Gasteiger partial charge is 0.180 e. The van der Waals surface area contributed by atoms with Crippen LogP contribution in [0.1, 0.15) is 13.8 Å². The minimum absolute atomic E-state index is 0.543. The van der Waals surface area contributed by atoms with Crippen LogP contribution < -0.4 is 10.2 Å². The summed E-state index contributed by atoms with van der Waals surface area (Å²) in [4.78, 5) is 11.3. The molecule has 0 amide bonds. The third-order valence-corrected chi connectivity index (χ3v) is 3.06. The van der Waals surface area contributed by atoms with Gasteiger partial charge in [-0.2, -0.15) is 0 Å². The van der Waals surface area contributed by atoms with Crippen LogP contribution in [0.3, 0.4) is 0 Å². The van der Waals surface area contributed by atoms with Crippen molar-refractivity contribution < 1.29 is 4.74 Å². The molecule has 6 nitrogen and oxygen atoms in total. The van der Waals surface area contributed by atoms with E-state index in [1.165, 1.54) is 0 Å². The van der Waals surface area contributed by atoms with Crippen LogP contribution in [0.2, 0.25) is 0 Å². The lowest BCUT2D eigenvalue weighted by Gasteiger charge is -2.26. The summed E-state index contributed by atoms with van der Waals surface area (Å²) in [6, 6.07) is 0. The molecule has 0 aliphatic rings. The van der Waals surface area contributed by atoms with Crippen LogP contribution in [0.25, 0.3) is 5.65 Å². The molecular weight excluding hydrogens is 254 g/mol. The second kappa shape index (κ2) is 6.56. The van der Waals surface area contributed by atoms with E-state index < -0.39 is 0 Å². The topological polar surface area (TPSA) is 54.7 Å². The molecule has 1 N–H and O–H groups in total. The predicted octanol–water partition coefficient (Wildman–Crippen LogP) is 1.88. The maximum Gasteiger partial charge on any atom is 0.180 e. The third-order valence-electron chi connectivity index (χ3n) is 3.06. The van der Waals surface area contributed by atoms with Gasteiger partial charge in [0.1, 0.15) is 5.82 Å². The summed E-state index contributed by atoms with van der Waals surface area (Å²) in [7, 11) is 3.59. The van der Waals surface area contributed by atoms with Crippen molar-refractivity contribution >= 4 is 17.3 Å². The van der Waals surface area contributed by atoms with E-state index in [4.69, 9.17) is 4.74 Å². The highest BCUT2D eigenvalue weighted by Gasteiger charge is 2.16. The first-order valence-corrected chi connectivity index (χ1v) is 6.91. The molecule has 20 heavy (non-hydrogen) atoms. The van der Waals surface area contributed by atoms with E-state index >= 15 is 0 Å². The maximum atomic E-state index is 5.21. The van der Waals surface area contributed by atoms with Gasteiger partial charge in [-0.1, -0.05) is 13.8 Å². The molecule has 110 valence electrons. The highest BCUT2D eigenvalue weighted by molar-refractivity contribution is 5.66. The zero-order valence-electron chi connectivity index (χ0n) is 12.6. The van der Waals surface area contributed by atoms with Crippen LogP contribution >= 0.6 is 0 Å². The molecule has 2 aromatic heterocycles. The van der Waals surface area contributed by atoms with Gasteiger partial charge in [-0.3, -0.25) is 0 Å². The average molecular weight is 277 g/mol. The number of anilines is 2. The summed E-state index contributed by atoms with van der Waals surface area (Å²) >= 11 is 0. The molecule has 0 aliphatic carbocycles. The van der Waals surface area contributed by atoms with Gasteiger partial charge < -0.3 is 19.4 Å². The largest absolute Gasteiger partial charge is 0.383 e. The molecule has 2 aromatic rings. The van der Waals surface area contributed by atoms with Gasteiger partial charge in [-0.25, -0.2) is 9.97 Å². The van der Waals surface area contributed by atoms with Crippen molar-refractivity contribution in [2.75, 3.05) is 44.1 Å². The summed E-state index contributed by atoms with van der Waals surface area (Å²) in [5.74, 6) is 2.27. The molecule has 0 aromatic carbocycles. The van der Waals surface area contributed by atoms with E-state index in [9.17, 15) is 0 Å². The number of nitrogens with zero attached hydrogens (tertiary/aromatic N) is 4. The Balaban J connectivity index is 2.41. The Morgan fingerprint density at radius 3 is 2.90 bits per heavy atom. The second-order valence-corrected chi connectivity index (χ2v) is 5.19. The number of rotatable bonds is 7. The van der Waals surface area contributed by atoms with Crippen molar-refractivity contribution in [2.45, 2.75) is 13.8 Å². The number of fused-ring (bicyclic) bond motifs is 1. The highest BCUT2D eigenvalue weighted by atomic mass is 16.5. The molecule has 6 heteroatoms. The number of ether oxygens (including phenoxy) is 1. The molecule has 0 radical (unpaired) electrons. The fraction of sp³-hybridized carbons (Fsp3) is 0.571.